The van der Waals surface area contributed by atoms with Gasteiger partial charge in [-0.2, -0.15) is 0 Å². The van der Waals surface area contributed by atoms with Gasteiger partial charge in [0.2, 0.25) is 0 Å². The molecule has 4 N–H and O–H groups in total. The van der Waals surface area contributed by atoms with E-state index in [1.54, 1.807) is 24.3 Å². The van der Waals surface area contributed by atoms with Crippen LogP contribution in [0.1, 0.15) is 48.3 Å². The van der Waals surface area contributed by atoms with Gasteiger partial charge in [0, 0.05) is 17.0 Å². The molecule has 2 amide bonds. The van der Waals surface area contributed by atoms with Crippen LogP contribution in [0.5, 0.6) is 0 Å². The lowest BCUT2D eigenvalue weighted by Gasteiger charge is -2.20. The van der Waals surface area contributed by atoms with E-state index in [1.165, 1.54) is 11.1 Å². The summed E-state index contributed by atoms with van der Waals surface area (Å²) in [7, 11) is 0. The number of hydrogen-bond acceptors (Lipinski definition) is 2. The fraction of sp³-hybridized carbons (Fsp3) is 0.333. The highest BCUT2D eigenvalue weighted by atomic mass is 16.2. The molecule has 0 unspecified atom stereocenters. The molecule has 1 atom stereocenters. The number of hydrogen-bond donors (Lipinski definition) is 3. The minimum absolute atomic E-state index is 0.191. The van der Waals surface area contributed by atoms with E-state index in [0.717, 1.165) is 6.42 Å². The van der Waals surface area contributed by atoms with Gasteiger partial charge in [0.1, 0.15) is 6.04 Å². The van der Waals surface area contributed by atoms with Gasteiger partial charge in [-0.1, -0.05) is 63.2 Å². The van der Waals surface area contributed by atoms with Crippen LogP contribution in [0, 0.1) is 5.92 Å². The quantitative estimate of drug-likeness (QED) is 0.665. The highest BCUT2D eigenvalue weighted by Crippen LogP contribution is 2.18. The van der Waals surface area contributed by atoms with E-state index < -0.39 is 0 Å². The molecular formula is C21H28N3O2+. The molecule has 2 rings (SSSR count). The third-order valence-electron chi connectivity index (χ3n) is 4.40. The minimum atomic E-state index is -0.325. The van der Waals surface area contributed by atoms with E-state index in [2.05, 4.69) is 55.9 Å². The third-order valence-corrected chi connectivity index (χ3v) is 4.40. The number of carbonyl (C=O) groups excluding carboxylic acids is 2. The Morgan fingerprint density at radius 3 is 2.19 bits per heavy atom. The van der Waals surface area contributed by atoms with Gasteiger partial charge in [-0.05, 0) is 24.1 Å². The van der Waals surface area contributed by atoms with Gasteiger partial charge in [0.15, 0.2) is 6.54 Å². The predicted octanol–water partition coefficient (Wildman–Crippen LogP) is 1.97. The number of carbonyl (C=O) groups is 2. The predicted molar refractivity (Wildman–Crippen MR) is 102 cm³/mol. The summed E-state index contributed by atoms with van der Waals surface area (Å²) in [6, 6.07) is 17.5. The van der Waals surface area contributed by atoms with Crippen LogP contribution in [0.25, 0.3) is 0 Å². The SMILES string of the molecule is CCc1ccc([C@@H]([NH2+]CC(=O)NNC(=O)c2ccccc2)C(C)C)cc1. The lowest BCUT2D eigenvalue weighted by Crippen LogP contribution is -2.88. The molecule has 0 heterocycles. The summed E-state index contributed by atoms with van der Waals surface area (Å²) in [4.78, 5) is 24.0. The zero-order valence-corrected chi connectivity index (χ0v) is 15.7. The van der Waals surface area contributed by atoms with Crippen LogP contribution in [0.15, 0.2) is 54.6 Å². The molecule has 0 saturated carbocycles. The van der Waals surface area contributed by atoms with Gasteiger partial charge in [-0.3, -0.25) is 20.4 Å². The van der Waals surface area contributed by atoms with Gasteiger partial charge in [-0.25, -0.2) is 0 Å². The summed E-state index contributed by atoms with van der Waals surface area (Å²) in [6.45, 7) is 6.66. The molecule has 2 aromatic rings. The van der Waals surface area contributed by atoms with Gasteiger partial charge in [0.05, 0.1) is 0 Å². The average molecular weight is 354 g/mol. The van der Waals surface area contributed by atoms with Crippen LogP contribution in [0.4, 0.5) is 0 Å². The van der Waals surface area contributed by atoms with E-state index >= 15 is 0 Å². The van der Waals surface area contributed by atoms with Gasteiger partial charge in [0.25, 0.3) is 11.8 Å². The number of rotatable bonds is 7. The molecule has 0 fully saturated rings. The van der Waals surface area contributed by atoms with Crippen molar-refractivity contribution in [2.24, 2.45) is 5.92 Å². The summed E-state index contributed by atoms with van der Waals surface area (Å²) in [6.07, 6.45) is 1.01. The Morgan fingerprint density at radius 2 is 1.62 bits per heavy atom. The van der Waals surface area contributed by atoms with Crippen molar-refractivity contribution in [2.45, 2.75) is 33.2 Å². The molecule has 138 valence electrons. The van der Waals surface area contributed by atoms with Crippen molar-refractivity contribution < 1.29 is 14.9 Å². The summed E-state index contributed by atoms with van der Waals surface area (Å²) in [5.41, 5.74) is 7.94. The lowest BCUT2D eigenvalue weighted by molar-refractivity contribution is -0.692. The molecule has 0 spiro atoms. The minimum Gasteiger partial charge on any atom is -0.332 e. The maximum Gasteiger partial charge on any atom is 0.293 e. The summed E-state index contributed by atoms with van der Waals surface area (Å²) in [5.74, 6) is -0.172. The number of benzene rings is 2. The molecule has 5 nitrogen and oxygen atoms in total. The van der Waals surface area contributed by atoms with E-state index in [0.29, 0.717) is 11.5 Å². The van der Waals surface area contributed by atoms with E-state index in [1.807, 2.05) is 11.4 Å². The van der Waals surface area contributed by atoms with Crippen molar-refractivity contribution in [2.75, 3.05) is 6.54 Å². The average Bonchev–Trinajstić information content (AvgIpc) is 2.67. The van der Waals surface area contributed by atoms with Gasteiger partial charge < -0.3 is 5.32 Å². The van der Waals surface area contributed by atoms with Crippen LogP contribution in [-0.4, -0.2) is 18.4 Å². The summed E-state index contributed by atoms with van der Waals surface area (Å²) >= 11 is 0. The second-order valence-electron chi connectivity index (χ2n) is 6.67. The van der Waals surface area contributed by atoms with Crippen molar-refractivity contribution in [1.29, 1.82) is 0 Å². The third kappa shape index (κ3) is 5.70. The van der Waals surface area contributed by atoms with Crippen molar-refractivity contribution in [3.63, 3.8) is 0 Å². The number of nitrogens with two attached hydrogens (primary N) is 1. The van der Waals surface area contributed by atoms with Crippen LogP contribution in [0.3, 0.4) is 0 Å². The Balaban J connectivity index is 1.86. The smallest absolute Gasteiger partial charge is 0.293 e. The van der Waals surface area contributed by atoms with Crippen molar-refractivity contribution in [3.05, 3.63) is 71.3 Å². The molecule has 0 aliphatic heterocycles. The standard InChI is InChI=1S/C21H27N3O2/c1-4-16-10-12-17(13-11-16)20(15(2)3)22-14-19(25)23-24-21(26)18-8-6-5-7-9-18/h5-13,15,20,22H,4,14H2,1-3H3,(H,23,25)(H,24,26)/p+1/t20-/m0/s1. The van der Waals surface area contributed by atoms with E-state index in [-0.39, 0.29) is 24.4 Å². The number of nitrogens with one attached hydrogen (secondary N) is 2. The Kier molecular flexibility index (Phi) is 7.36. The molecule has 0 aliphatic carbocycles. The largest absolute Gasteiger partial charge is 0.332 e. The van der Waals surface area contributed by atoms with Gasteiger partial charge >= 0.3 is 0 Å². The van der Waals surface area contributed by atoms with Crippen LogP contribution in [-0.2, 0) is 11.2 Å². The lowest BCUT2D eigenvalue weighted by atomic mass is 9.95. The Hall–Kier alpha value is -2.66. The molecule has 5 heteroatoms. The highest BCUT2D eigenvalue weighted by molar-refractivity contribution is 5.95. The van der Waals surface area contributed by atoms with E-state index in [9.17, 15) is 9.59 Å². The maximum atomic E-state index is 12.1. The van der Waals surface area contributed by atoms with Crippen LogP contribution in [0.2, 0.25) is 0 Å². The molecule has 0 aliphatic rings. The second-order valence-corrected chi connectivity index (χ2v) is 6.67. The number of aryl methyl sites for hydroxylation is 1. The first-order valence-corrected chi connectivity index (χ1v) is 9.07. The number of quaternary nitrogens is 1. The van der Waals surface area contributed by atoms with Crippen LogP contribution >= 0.6 is 0 Å². The highest BCUT2D eigenvalue weighted by Gasteiger charge is 2.20. The van der Waals surface area contributed by atoms with Gasteiger partial charge in [-0.15, -0.1) is 0 Å². The fourth-order valence-corrected chi connectivity index (χ4v) is 2.84. The molecule has 0 radical (unpaired) electrons. The first kappa shape index (κ1) is 19.7. The molecular weight excluding hydrogens is 326 g/mol. The monoisotopic (exact) mass is 354 g/mol. The Morgan fingerprint density at radius 1 is 0.962 bits per heavy atom. The fourth-order valence-electron chi connectivity index (χ4n) is 2.84. The molecule has 0 saturated heterocycles. The van der Waals surface area contributed by atoms with Crippen molar-refractivity contribution in [1.82, 2.24) is 10.9 Å². The molecule has 0 bridgehead atoms. The summed E-state index contributed by atoms with van der Waals surface area (Å²) in [5, 5.41) is 2.01. The zero-order chi connectivity index (χ0) is 18.9. The Bertz CT molecular complexity index is 712. The number of hydrazine groups is 1. The van der Waals surface area contributed by atoms with Crippen LogP contribution < -0.4 is 16.2 Å². The topological polar surface area (TPSA) is 74.8 Å². The first-order chi connectivity index (χ1) is 12.5. The first-order valence-electron chi connectivity index (χ1n) is 9.07. The second kappa shape index (κ2) is 9.73. The molecule has 0 aromatic heterocycles. The summed E-state index contributed by atoms with van der Waals surface area (Å²) < 4.78 is 0. The Labute approximate surface area is 155 Å². The normalized spacial score (nSPS) is 11.8. The number of amides is 2. The maximum absolute atomic E-state index is 12.1. The molecule has 2 aromatic carbocycles. The molecule has 26 heavy (non-hydrogen) atoms. The van der Waals surface area contributed by atoms with Crippen molar-refractivity contribution >= 4 is 11.8 Å². The van der Waals surface area contributed by atoms with E-state index in [4.69, 9.17) is 0 Å². The zero-order valence-electron chi connectivity index (χ0n) is 15.7. The van der Waals surface area contributed by atoms with Crippen molar-refractivity contribution in [3.8, 4) is 0 Å².